The van der Waals surface area contributed by atoms with Crippen molar-refractivity contribution in [1.82, 2.24) is 9.29 Å². The van der Waals surface area contributed by atoms with E-state index in [0.29, 0.717) is 47.5 Å². The molecule has 0 bridgehead atoms. The number of sulfonamides is 1. The van der Waals surface area contributed by atoms with E-state index in [2.05, 4.69) is 10.3 Å². The van der Waals surface area contributed by atoms with Crippen molar-refractivity contribution in [3.05, 3.63) is 53.7 Å². The topological polar surface area (TPSA) is 118 Å². The number of nitrogens with one attached hydrogen (secondary N) is 2. The Bertz CT molecular complexity index is 1330. The Kier molecular flexibility index (Phi) is 6.90. The Balaban J connectivity index is 1.60. The minimum absolute atomic E-state index is 0.0363. The number of benzene rings is 2. The smallest absolute Gasteiger partial charge is 0.354 e. The molecular formula is C24H27N3O6S. The van der Waals surface area contributed by atoms with Gasteiger partial charge >= 0.3 is 5.97 Å². The van der Waals surface area contributed by atoms with E-state index in [1.807, 2.05) is 0 Å². The van der Waals surface area contributed by atoms with Gasteiger partial charge in [-0.05, 0) is 69.2 Å². The fraction of sp³-hybridized carbons (Fsp3) is 0.333. The molecule has 1 fully saturated rings. The molecule has 180 valence electrons. The maximum absolute atomic E-state index is 13.2. The lowest BCUT2D eigenvalue weighted by molar-refractivity contribution is 0.0520. The maximum Gasteiger partial charge on any atom is 0.354 e. The zero-order valence-electron chi connectivity index (χ0n) is 19.1. The summed E-state index contributed by atoms with van der Waals surface area (Å²) in [4.78, 5) is 27.9. The molecule has 3 aromatic rings. The predicted molar refractivity (Wildman–Crippen MR) is 128 cm³/mol. The number of aromatic nitrogens is 1. The van der Waals surface area contributed by atoms with Crippen molar-refractivity contribution < 1.29 is 27.5 Å². The molecule has 0 atom stereocenters. The number of esters is 1. The van der Waals surface area contributed by atoms with Crippen molar-refractivity contribution in [2.75, 3.05) is 31.6 Å². The van der Waals surface area contributed by atoms with Crippen molar-refractivity contribution >= 4 is 38.5 Å². The molecule has 2 N–H and O–H groups in total. The van der Waals surface area contributed by atoms with Gasteiger partial charge in [0.1, 0.15) is 16.3 Å². The van der Waals surface area contributed by atoms with Gasteiger partial charge in [-0.1, -0.05) is 0 Å². The van der Waals surface area contributed by atoms with E-state index < -0.39 is 21.9 Å². The molecule has 0 spiro atoms. The third-order valence-corrected chi connectivity index (χ3v) is 7.48. The Morgan fingerprint density at radius 3 is 2.50 bits per heavy atom. The summed E-state index contributed by atoms with van der Waals surface area (Å²) in [6, 6.07) is 11.2. The fourth-order valence-corrected chi connectivity index (χ4v) is 5.60. The number of hydrogen-bond donors (Lipinski definition) is 2. The van der Waals surface area contributed by atoms with Gasteiger partial charge in [0, 0.05) is 35.2 Å². The highest BCUT2D eigenvalue weighted by Crippen LogP contribution is 2.32. The van der Waals surface area contributed by atoms with Gasteiger partial charge in [-0.3, -0.25) is 4.79 Å². The molecule has 2 heterocycles. The van der Waals surface area contributed by atoms with Crippen LogP contribution in [0.4, 0.5) is 5.69 Å². The zero-order valence-corrected chi connectivity index (χ0v) is 19.9. The molecule has 0 aliphatic carbocycles. The predicted octanol–water partition coefficient (Wildman–Crippen LogP) is 3.78. The molecule has 0 saturated carbocycles. The molecule has 10 heteroatoms. The van der Waals surface area contributed by atoms with Gasteiger partial charge in [-0.2, -0.15) is 4.31 Å². The summed E-state index contributed by atoms with van der Waals surface area (Å²) in [5.41, 5.74) is 1.70. The number of H-pyrrole nitrogens is 1. The number of amides is 1. The number of anilines is 1. The van der Waals surface area contributed by atoms with Crippen molar-refractivity contribution in [2.24, 2.45) is 0 Å². The van der Waals surface area contributed by atoms with E-state index in [1.54, 1.807) is 50.2 Å². The average molecular weight is 486 g/mol. The van der Waals surface area contributed by atoms with Crippen molar-refractivity contribution in [3.63, 3.8) is 0 Å². The first-order chi connectivity index (χ1) is 16.3. The molecule has 1 amide bonds. The molecule has 0 unspecified atom stereocenters. The number of aromatic amines is 1. The quantitative estimate of drug-likeness (QED) is 0.469. The van der Waals surface area contributed by atoms with Gasteiger partial charge in [0.25, 0.3) is 5.91 Å². The summed E-state index contributed by atoms with van der Waals surface area (Å²) in [5, 5.41) is 3.45. The van der Waals surface area contributed by atoms with Crippen LogP contribution in [-0.2, 0) is 14.8 Å². The lowest BCUT2D eigenvalue weighted by atomic mass is 10.1. The van der Waals surface area contributed by atoms with Crippen molar-refractivity contribution in [1.29, 1.82) is 0 Å². The SMILES string of the molecule is CCOC(=O)c1cc2cc(C(=O)Nc3ccc(OCC)c(S(=O)(=O)N4CCCC4)c3)ccc2[nH]1. The first kappa shape index (κ1) is 23.8. The van der Waals surface area contributed by atoms with Gasteiger partial charge < -0.3 is 19.8 Å². The van der Waals surface area contributed by atoms with E-state index in [1.165, 1.54) is 10.4 Å². The summed E-state index contributed by atoms with van der Waals surface area (Å²) < 4.78 is 38.4. The van der Waals surface area contributed by atoms with Gasteiger partial charge in [0.2, 0.25) is 10.0 Å². The highest BCUT2D eigenvalue weighted by atomic mass is 32.2. The largest absolute Gasteiger partial charge is 0.492 e. The number of rotatable bonds is 8. The molecule has 2 aromatic carbocycles. The van der Waals surface area contributed by atoms with Crippen molar-refractivity contribution in [2.45, 2.75) is 31.6 Å². The van der Waals surface area contributed by atoms with E-state index in [-0.39, 0.29) is 17.3 Å². The molecular weight excluding hydrogens is 458 g/mol. The highest BCUT2D eigenvalue weighted by Gasteiger charge is 2.30. The Morgan fingerprint density at radius 2 is 1.79 bits per heavy atom. The average Bonchev–Trinajstić information content (AvgIpc) is 3.50. The molecule has 34 heavy (non-hydrogen) atoms. The second kappa shape index (κ2) is 9.86. The van der Waals surface area contributed by atoms with E-state index >= 15 is 0 Å². The molecule has 1 aliphatic heterocycles. The third-order valence-electron chi connectivity index (χ3n) is 5.56. The number of carbonyl (C=O) groups excluding carboxylic acids is 2. The lowest BCUT2D eigenvalue weighted by Crippen LogP contribution is -2.28. The van der Waals surface area contributed by atoms with E-state index in [4.69, 9.17) is 9.47 Å². The van der Waals surface area contributed by atoms with Gasteiger partial charge in [-0.25, -0.2) is 13.2 Å². The minimum Gasteiger partial charge on any atom is -0.492 e. The van der Waals surface area contributed by atoms with E-state index in [9.17, 15) is 18.0 Å². The summed E-state index contributed by atoms with van der Waals surface area (Å²) in [6.45, 7) is 5.03. The van der Waals surface area contributed by atoms with Gasteiger partial charge in [-0.15, -0.1) is 0 Å². The van der Waals surface area contributed by atoms with Crippen LogP contribution in [0.5, 0.6) is 5.75 Å². The number of ether oxygens (including phenoxy) is 2. The number of fused-ring (bicyclic) bond motifs is 1. The molecule has 1 aliphatic rings. The zero-order chi connectivity index (χ0) is 24.3. The maximum atomic E-state index is 13.2. The van der Waals surface area contributed by atoms with Crippen LogP contribution < -0.4 is 10.1 Å². The molecule has 0 radical (unpaired) electrons. The summed E-state index contributed by atoms with van der Waals surface area (Å²) in [5.74, 6) is -0.618. The van der Waals surface area contributed by atoms with Gasteiger partial charge in [0.15, 0.2) is 0 Å². The van der Waals surface area contributed by atoms with Gasteiger partial charge in [0.05, 0.1) is 13.2 Å². The number of nitrogens with zero attached hydrogens (tertiary/aromatic N) is 1. The Morgan fingerprint density at radius 1 is 1.03 bits per heavy atom. The van der Waals surface area contributed by atoms with Crippen LogP contribution in [0.1, 0.15) is 47.5 Å². The molecule has 4 rings (SSSR count). The summed E-state index contributed by atoms with van der Waals surface area (Å²) in [7, 11) is -3.74. The van der Waals surface area contributed by atoms with Crippen LogP contribution in [-0.4, -0.2) is 55.9 Å². The van der Waals surface area contributed by atoms with Crippen molar-refractivity contribution in [3.8, 4) is 5.75 Å². The molecule has 1 saturated heterocycles. The number of hydrogen-bond acceptors (Lipinski definition) is 6. The normalized spacial score (nSPS) is 14.3. The molecule has 9 nitrogen and oxygen atoms in total. The third kappa shape index (κ3) is 4.78. The first-order valence-corrected chi connectivity index (χ1v) is 12.7. The standard InChI is InChI=1S/C24H27N3O6S/c1-3-32-21-10-8-18(15-22(21)34(30,31)27-11-5-6-12-27)25-23(28)16-7-9-19-17(13-16)14-20(26-19)24(29)33-4-2/h7-10,13-15,26H,3-6,11-12H2,1-2H3,(H,25,28). The van der Waals surface area contributed by atoms with Crippen LogP contribution in [0, 0.1) is 0 Å². The monoisotopic (exact) mass is 485 g/mol. The fourth-order valence-electron chi connectivity index (χ4n) is 3.93. The van der Waals surface area contributed by atoms with Crippen LogP contribution in [0.15, 0.2) is 47.4 Å². The molecule has 1 aromatic heterocycles. The first-order valence-electron chi connectivity index (χ1n) is 11.2. The second-order valence-electron chi connectivity index (χ2n) is 7.87. The Labute approximate surface area is 198 Å². The Hall–Kier alpha value is -3.37. The lowest BCUT2D eigenvalue weighted by Gasteiger charge is -2.19. The summed E-state index contributed by atoms with van der Waals surface area (Å²) >= 11 is 0. The second-order valence-corrected chi connectivity index (χ2v) is 9.77. The van der Waals surface area contributed by atoms with E-state index in [0.717, 1.165) is 12.8 Å². The van der Waals surface area contributed by atoms with Crippen LogP contribution in [0.2, 0.25) is 0 Å². The minimum atomic E-state index is -3.74. The van der Waals surface area contributed by atoms with Crippen LogP contribution in [0.3, 0.4) is 0 Å². The summed E-state index contributed by atoms with van der Waals surface area (Å²) in [6.07, 6.45) is 1.64. The van der Waals surface area contributed by atoms with Crippen LogP contribution in [0.25, 0.3) is 10.9 Å². The van der Waals surface area contributed by atoms with Crippen LogP contribution >= 0.6 is 0 Å². The highest BCUT2D eigenvalue weighted by molar-refractivity contribution is 7.89. The number of carbonyl (C=O) groups is 2.